The van der Waals surface area contributed by atoms with Crippen molar-refractivity contribution in [1.82, 2.24) is 10.2 Å². The molecule has 2 rings (SSSR count). The van der Waals surface area contributed by atoms with Gasteiger partial charge in [-0.15, -0.1) is 0 Å². The number of aliphatic carboxylic acids is 1. The highest BCUT2D eigenvalue weighted by atomic mass is 16.6. The molecule has 0 heterocycles. The first kappa shape index (κ1) is 17.4. The van der Waals surface area contributed by atoms with Crippen molar-refractivity contribution >= 4 is 23.5 Å². The first-order chi connectivity index (χ1) is 11.4. The number of hydrogen-bond acceptors (Lipinski definition) is 5. The van der Waals surface area contributed by atoms with Crippen LogP contribution in [0, 0.1) is 10.1 Å². The molecule has 0 aliphatic heterocycles. The lowest BCUT2D eigenvalue weighted by molar-refractivity contribution is -0.384. The number of hydrogen-bond donors (Lipinski definition) is 2. The minimum absolute atomic E-state index is 0.00248. The maximum absolute atomic E-state index is 12.0. The largest absolute Gasteiger partial charge is 0.480 e. The van der Waals surface area contributed by atoms with E-state index >= 15 is 0 Å². The van der Waals surface area contributed by atoms with Gasteiger partial charge in [-0.1, -0.05) is 0 Å². The number of carbonyl (C=O) groups is 3. The molecule has 2 amide bonds. The Morgan fingerprint density at radius 3 is 2.38 bits per heavy atom. The topological polar surface area (TPSA) is 130 Å². The van der Waals surface area contributed by atoms with Crippen molar-refractivity contribution in [1.29, 1.82) is 0 Å². The van der Waals surface area contributed by atoms with Crippen LogP contribution in [0.3, 0.4) is 0 Å². The Morgan fingerprint density at radius 2 is 1.88 bits per heavy atom. The summed E-state index contributed by atoms with van der Waals surface area (Å²) in [5.74, 6) is -1.83. The number of rotatable bonds is 8. The number of non-ortho nitro benzene ring substituents is 1. The summed E-state index contributed by atoms with van der Waals surface area (Å²) in [5.41, 5.74) is 0.133. The molecule has 0 saturated heterocycles. The lowest BCUT2D eigenvalue weighted by Gasteiger charge is -2.20. The van der Waals surface area contributed by atoms with Crippen LogP contribution >= 0.6 is 0 Å². The van der Waals surface area contributed by atoms with Crippen LogP contribution in [0.1, 0.15) is 29.6 Å². The van der Waals surface area contributed by atoms with Gasteiger partial charge in [0.15, 0.2) is 0 Å². The predicted molar refractivity (Wildman–Crippen MR) is 82.4 cm³/mol. The highest BCUT2D eigenvalue weighted by molar-refractivity contribution is 5.94. The third kappa shape index (κ3) is 4.77. The minimum Gasteiger partial charge on any atom is -0.480 e. The van der Waals surface area contributed by atoms with Gasteiger partial charge in [0.1, 0.15) is 6.54 Å². The molecule has 2 N–H and O–H groups in total. The van der Waals surface area contributed by atoms with Gasteiger partial charge in [-0.2, -0.15) is 0 Å². The summed E-state index contributed by atoms with van der Waals surface area (Å²) in [6.45, 7) is -0.267. The van der Waals surface area contributed by atoms with Gasteiger partial charge in [-0.3, -0.25) is 24.5 Å². The first-order valence-corrected chi connectivity index (χ1v) is 7.42. The van der Waals surface area contributed by atoms with Gasteiger partial charge in [0, 0.05) is 36.7 Å². The van der Waals surface area contributed by atoms with E-state index in [2.05, 4.69) is 5.32 Å². The third-order valence-corrected chi connectivity index (χ3v) is 3.58. The summed E-state index contributed by atoms with van der Waals surface area (Å²) >= 11 is 0. The number of carbonyl (C=O) groups excluding carboxylic acids is 2. The van der Waals surface area contributed by atoms with Crippen LogP contribution in [0.15, 0.2) is 24.3 Å². The number of benzene rings is 1. The maximum atomic E-state index is 12.0. The second-order valence-electron chi connectivity index (χ2n) is 5.46. The van der Waals surface area contributed by atoms with Crippen LogP contribution in [-0.4, -0.2) is 51.8 Å². The molecule has 1 saturated carbocycles. The second kappa shape index (κ2) is 7.53. The van der Waals surface area contributed by atoms with Crippen molar-refractivity contribution < 1.29 is 24.4 Å². The molecule has 0 radical (unpaired) electrons. The van der Waals surface area contributed by atoms with Crippen molar-refractivity contribution in [2.45, 2.75) is 25.3 Å². The third-order valence-electron chi connectivity index (χ3n) is 3.58. The number of amides is 2. The van der Waals surface area contributed by atoms with Crippen LogP contribution in [0.2, 0.25) is 0 Å². The normalized spacial score (nSPS) is 13.2. The van der Waals surface area contributed by atoms with Crippen molar-refractivity contribution in [3.63, 3.8) is 0 Å². The number of nitrogens with zero attached hydrogens (tertiary/aromatic N) is 2. The molecular weight excluding hydrogens is 318 g/mol. The fourth-order valence-corrected chi connectivity index (χ4v) is 2.22. The Kier molecular flexibility index (Phi) is 5.46. The zero-order valence-electron chi connectivity index (χ0n) is 12.8. The van der Waals surface area contributed by atoms with Gasteiger partial charge >= 0.3 is 5.97 Å². The van der Waals surface area contributed by atoms with Gasteiger partial charge in [0.05, 0.1) is 4.92 Å². The van der Waals surface area contributed by atoms with Crippen LogP contribution in [0.5, 0.6) is 0 Å². The van der Waals surface area contributed by atoms with Crippen molar-refractivity contribution in [2.24, 2.45) is 0 Å². The van der Waals surface area contributed by atoms with Crippen molar-refractivity contribution in [3.05, 3.63) is 39.9 Å². The molecule has 128 valence electrons. The van der Waals surface area contributed by atoms with Crippen LogP contribution in [0.4, 0.5) is 5.69 Å². The molecule has 0 bridgehead atoms. The highest BCUT2D eigenvalue weighted by Crippen LogP contribution is 2.27. The number of carboxylic acids is 1. The Balaban J connectivity index is 1.82. The van der Waals surface area contributed by atoms with E-state index in [1.165, 1.54) is 29.2 Å². The lowest BCUT2D eigenvalue weighted by Crippen LogP contribution is -2.39. The zero-order valence-corrected chi connectivity index (χ0v) is 12.8. The Labute approximate surface area is 137 Å². The van der Waals surface area contributed by atoms with E-state index in [4.69, 9.17) is 5.11 Å². The fraction of sp³-hybridized carbons (Fsp3) is 0.400. The Morgan fingerprint density at radius 1 is 1.25 bits per heavy atom. The SMILES string of the molecule is O=C(O)CN(C(=O)CCNC(=O)c1ccc([N+](=O)[O-])cc1)C1CC1. The van der Waals surface area contributed by atoms with Gasteiger partial charge in [0.25, 0.3) is 11.6 Å². The van der Waals surface area contributed by atoms with Crippen LogP contribution in [0.25, 0.3) is 0 Å². The van der Waals surface area contributed by atoms with E-state index in [0.29, 0.717) is 0 Å². The van der Waals surface area contributed by atoms with E-state index in [1.807, 2.05) is 0 Å². The average molecular weight is 335 g/mol. The molecule has 9 nitrogen and oxygen atoms in total. The van der Waals surface area contributed by atoms with Gasteiger partial charge in [-0.25, -0.2) is 0 Å². The standard InChI is InChI=1S/C15H17N3O6/c19-13(17(9-14(20)21)11-5-6-11)7-8-16-15(22)10-1-3-12(4-2-10)18(23)24/h1-4,11H,5-9H2,(H,16,22)(H,20,21). The second-order valence-corrected chi connectivity index (χ2v) is 5.46. The molecule has 1 fully saturated rings. The molecule has 24 heavy (non-hydrogen) atoms. The number of nitrogens with one attached hydrogen (secondary N) is 1. The number of nitro groups is 1. The molecule has 1 aliphatic rings. The molecule has 1 aromatic carbocycles. The summed E-state index contributed by atoms with van der Waals surface area (Å²) in [5, 5.41) is 21.9. The summed E-state index contributed by atoms with van der Waals surface area (Å²) in [6.07, 6.45) is 1.60. The van der Waals surface area contributed by atoms with E-state index in [1.54, 1.807) is 0 Å². The molecule has 0 unspecified atom stereocenters. The monoisotopic (exact) mass is 335 g/mol. The number of carboxylic acid groups (broad SMARTS) is 1. The fourth-order valence-electron chi connectivity index (χ4n) is 2.22. The van der Waals surface area contributed by atoms with Gasteiger partial charge in [-0.05, 0) is 25.0 Å². The summed E-state index contributed by atoms with van der Waals surface area (Å²) in [7, 11) is 0. The van der Waals surface area contributed by atoms with E-state index in [9.17, 15) is 24.5 Å². The Bertz CT molecular complexity index is 654. The maximum Gasteiger partial charge on any atom is 0.323 e. The molecule has 0 atom stereocenters. The van der Waals surface area contributed by atoms with E-state index < -0.39 is 16.8 Å². The summed E-state index contributed by atoms with van der Waals surface area (Å²) in [4.78, 5) is 46.0. The number of nitro benzene ring substituents is 1. The molecule has 0 aromatic heterocycles. The van der Waals surface area contributed by atoms with Gasteiger partial charge < -0.3 is 15.3 Å². The van der Waals surface area contributed by atoms with Crippen LogP contribution in [-0.2, 0) is 9.59 Å². The average Bonchev–Trinajstić information content (AvgIpc) is 3.37. The lowest BCUT2D eigenvalue weighted by atomic mass is 10.2. The summed E-state index contributed by atoms with van der Waals surface area (Å²) in [6, 6.07) is 5.09. The molecular formula is C15H17N3O6. The Hall–Kier alpha value is -2.97. The molecule has 0 spiro atoms. The van der Waals surface area contributed by atoms with Crippen molar-refractivity contribution in [3.8, 4) is 0 Å². The molecule has 1 aromatic rings. The minimum atomic E-state index is -1.06. The molecule has 9 heteroatoms. The van der Waals surface area contributed by atoms with E-state index in [-0.39, 0.29) is 42.7 Å². The first-order valence-electron chi connectivity index (χ1n) is 7.42. The molecule has 1 aliphatic carbocycles. The summed E-state index contributed by atoms with van der Waals surface area (Å²) < 4.78 is 0. The smallest absolute Gasteiger partial charge is 0.323 e. The van der Waals surface area contributed by atoms with Gasteiger partial charge in [0.2, 0.25) is 5.91 Å². The highest BCUT2D eigenvalue weighted by Gasteiger charge is 2.33. The van der Waals surface area contributed by atoms with Crippen molar-refractivity contribution in [2.75, 3.05) is 13.1 Å². The predicted octanol–water partition coefficient (Wildman–Crippen LogP) is 0.790. The van der Waals surface area contributed by atoms with E-state index in [0.717, 1.165) is 12.8 Å². The zero-order chi connectivity index (χ0) is 17.7. The quantitative estimate of drug-likeness (QED) is 0.533. The van der Waals surface area contributed by atoms with Crippen LogP contribution < -0.4 is 5.32 Å².